The van der Waals surface area contributed by atoms with Crippen molar-refractivity contribution in [2.75, 3.05) is 5.33 Å². The molecule has 0 nitrogen and oxygen atoms in total. The Morgan fingerprint density at radius 3 is 2.37 bits per heavy atom. The van der Waals surface area contributed by atoms with E-state index in [1.165, 1.54) is 11.6 Å². The van der Waals surface area contributed by atoms with Crippen LogP contribution in [0.25, 0.3) is 0 Å². The molecule has 2 aromatic rings. The van der Waals surface area contributed by atoms with Crippen LogP contribution in [0.3, 0.4) is 0 Å². The largest absolute Gasteiger partial charge is 0.207 e. The van der Waals surface area contributed by atoms with Gasteiger partial charge >= 0.3 is 0 Å². The summed E-state index contributed by atoms with van der Waals surface area (Å²) < 4.78 is 14.6. The molecule has 0 N–H and O–H groups in total. The van der Waals surface area contributed by atoms with Gasteiger partial charge in [-0.25, -0.2) is 4.39 Å². The van der Waals surface area contributed by atoms with Crippen molar-refractivity contribution in [3.05, 3.63) is 69.9 Å². The van der Waals surface area contributed by atoms with Gasteiger partial charge in [-0.15, -0.1) is 0 Å². The zero-order valence-electron chi connectivity index (χ0n) is 10.5. The average molecular weight is 386 g/mol. The highest BCUT2D eigenvalue weighted by Gasteiger charge is 2.12. The zero-order chi connectivity index (χ0) is 13.7. The summed E-state index contributed by atoms with van der Waals surface area (Å²) in [6.45, 7) is 0. The van der Waals surface area contributed by atoms with Crippen molar-refractivity contribution < 1.29 is 4.39 Å². The maximum atomic E-state index is 13.8. The van der Waals surface area contributed by atoms with Gasteiger partial charge in [0.05, 0.1) is 0 Å². The third-order valence-electron chi connectivity index (χ3n) is 3.11. The van der Waals surface area contributed by atoms with E-state index in [-0.39, 0.29) is 5.82 Å². The fourth-order valence-electron chi connectivity index (χ4n) is 2.13. The fourth-order valence-corrected chi connectivity index (χ4v) is 2.92. The number of hydrogen-bond donors (Lipinski definition) is 0. The highest BCUT2D eigenvalue weighted by molar-refractivity contribution is 9.10. The van der Waals surface area contributed by atoms with Crippen molar-refractivity contribution in [3.8, 4) is 0 Å². The molecular weight excluding hydrogens is 371 g/mol. The lowest BCUT2D eigenvalue weighted by atomic mass is 9.94. The molecule has 0 bridgehead atoms. The highest BCUT2D eigenvalue weighted by Crippen LogP contribution is 2.21. The van der Waals surface area contributed by atoms with Crippen LogP contribution in [0.15, 0.2) is 53.0 Å². The van der Waals surface area contributed by atoms with Crippen LogP contribution in [0.1, 0.15) is 11.1 Å². The quantitative estimate of drug-likeness (QED) is 0.605. The van der Waals surface area contributed by atoms with Crippen LogP contribution in [0.5, 0.6) is 0 Å². The van der Waals surface area contributed by atoms with Gasteiger partial charge in [0, 0.05) is 9.80 Å². The van der Waals surface area contributed by atoms with E-state index in [1.54, 1.807) is 0 Å². The monoisotopic (exact) mass is 384 g/mol. The molecule has 1 atom stereocenters. The van der Waals surface area contributed by atoms with Gasteiger partial charge < -0.3 is 0 Å². The molecule has 2 rings (SSSR count). The summed E-state index contributed by atoms with van der Waals surface area (Å²) in [5, 5.41) is 0.872. The van der Waals surface area contributed by atoms with Gasteiger partial charge in [-0.3, -0.25) is 0 Å². The molecular formula is C16H15Br2F. The molecule has 2 aromatic carbocycles. The Kier molecular flexibility index (Phi) is 5.59. The zero-order valence-corrected chi connectivity index (χ0v) is 13.6. The molecule has 0 aromatic heterocycles. The Labute approximate surface area is 130 Å². The van der Waals surface area contributed by atoms with Gasteiger partial charge in [0.1, 0.15) is 5.82 Å². The van der Waals surface area contributed by atoms with E-state index in [0.29, 0.717) is 5.92 Å². The molecule has 100 valence electrons. The lowest BCUT2D eigenvalue weighted by molar-refractivity contribution is 0.550. The maximum Gasteiger partial charge on any atom is 0.127 e. The van der Waals surface area contributed by atoms with Crippen molar-refractivity contribution in [1.82, 2.24) is 0 Å². The lowest BCUT2D eigenvalue weighted by Crippen LogP contribution is -2.11. The van der Waals surface area contributed by atoms with E-state index in [1.807, 2.05) is 30.3 Å². The molecule has 3 heteroatoms. The number of halogens is 3. The predicted molar refractivity (Wildman–Crippen MR) is 85.2 cm³/mol. The summed E-state index contributed by atoms with van der Waals surface area (Å²) in [6, 6.07) is 15.6. The third kappa shape index (κ3) is 4.43. The number of benzene rings is 2. The van der Waals surface area contributed by atoms with Gasteiger partial charge in [-0.1, -0.05) is 68.3 Å². The first-order valence-corrected chi connectivity index (χ1v) is 8.14. The molecule has 0 spiro atoms. The summed E-state index contributed by atoms with van der Waals surface area (Å²) in [7, 11) is 0. The predicted octanol–water partition coefficient (Wildman–Crippen LogP) is 5.38. The van der Waals surface area contributed by atoms with E-state index in [9.17, 15) is 4.39 Å². The molecule has 0 aliphatic rings. The van der Waals surface area contributed by atoms with E-state index < -0.39 is 0 Å². The molecule has 0 radical (unpaired) electrons. The molecule has 0 saturated carbocycles. The van der Waals surface area contributed by atoms with Crippen LogP contribution in [-0.2, 0) is 12.8 Å². The standard InChI is InChI=1S/C16H15Br2F/c17-11-13(8-12-4-2-1-3-5-12)9-14-6-7-15(18)10-16(14)19/h1-7,10,13H,8-9,11H2. The van der Waals surface area contributed by atoms with Crippen LogP contribution in [0.2, 0.25) is 0 Å². The summed E-state index contributed by atoms with van der Waals surface area (Å²) in [6.07, 6.45) is 1.71. The minimum absolute atomic E-state index is 0.131. The van der Waals surface area contributed by atoms with Gasteiger partial charge in [-0.2, -0.15) is 0 Å². The van der Waals surface area contributed by atoms with Crippen LogP contribution in [-0.4, -0.2) is 5.33 Å². The third-order valence-corrected chi connectivity index (χ3v) is 4.52. The summed E-state index contributed by atoms with van der Waals surface area (Å²) in [5.74, 6) is 0.270. The van der Waals surface area contributed by atoms with Crippen molar-refractivity contribution >= 4 is 31.9 Å². The lowest BCUT2D eigenvalue weighted by Gasteiger charge is -2.15. The summed E-state index contributed by atoms with van der Waals surface area (Å²) >= 11 is 6.82. The molecule has 0 aliphatic carbocycles. The molecule has 1 unspecified atom stereocenters. The van der Waals surface area contributed by atoms with Gasteiger partial charge in [-0.05, 0) is 42.0 Å². The van der Waals surface area contributed by atoms with E-state index >= 15 is 0 Å². The fraction of sp³-hybridized carbons (Fsp3) is 0.250. The Morgan fingerprint density at radius 2 is 1.74 bits per heavy atom. The minimum Gasteiger partial charge on any atom is -0.207 e. The number of rotatable bonds is 5. The Hall–Kier alpha value is -0.670. The van der Waals surface area contributed by atoms with Crippen molar-refractivity contribution in [3.63, 3.8) is 0 Å². The first-order chi connectivity index (χ1) is 9.19. The average Bonchev–Trinajstić information content (AvgIpc) is 2.42. The van der Waals surface area contributed by atoms with Gasteiger partial charge in [0.25, 0.3) is 0 Å². The van der Waals surface area contributed by atoms with Gasteiger partial charge in [0.2, 0.25) is 0 Å². The Bertz CT molecular complexity index is 526. The van der Waals surface area contributed by atoms with Crippen molar-refractivity contribution in [2.45, 2.75) is 12.8 Å². The van der Waals surface area contributed by atoms with E-state index in [0.717, 1.165) is 28.2 Å². The van der Waals surface area contributed by atoms with E-state index in [4.69, 9.17) is 0 Å². The van der Waals surface area contributed by atoms with Crippen molar-refractivity contribution in [1.29, 1.82) is 0 Å². The van der Waals surface area contributed by atoms with Gasteiger partial charge in [0.15, 0.2) is 0 Å². The molecule has 0 heterocycles. The van der Waals surface area contributed by atoms with Crippen molar-refractivity contribution in [2.24, 2.45) is 5.92 Å². The molecule has 0 fully saturated rings. The molecule has 19 heavy (non-hydrogen) atoms. The molecule has 0 saturated heterocycles. The van der Waals surface area contributed by atoms with Crippen LogP contribution in [0.4, 0.5) is 4.39 Å². The topological polar surface area (TPSA) is 0 Å². The molecule has 0 amide bonds. The smallest absolute Gasteiger partial charge is 0.127 e. The SMILES string of the molecule is Fc1cc(Br)ccc1CC(CBr)Cc1ccccc1. The maximum absolute atomic E-state index is 13.8. The van der Waals surface area contributed by atoms with Crippen LogP contribution < -0.4 is 0 Å². The van der Waals surface area contributed by atoms with Crippen LogP contribution in [0, 0.1) is 11.7 Å². The number of hydrogen-bond acceptors (Lipinski definition) is 0. The van der Waals surface area contributed by atoms with Crippen LogP contribution >= 0.6 is 31.9 Å². The Morgan fingerprint density at radius 1 is 1.00 bits per heavy atom. The second-order valence-corrected chi connectivity index (χ2v) is 6.21. The first kappa shape index (κ1) is 14.7. The first-order valence-electron chi connectivity index (χ1n) is 6.23. The number of alkyl halides is 1. The normalized spacial score (nSPS) is 12.4. The Balaban J connectivity index is 2.06. The minimum atomic E-state index is -0.131. The molecule has 0 aliphatic heterocycles. The highest BCUT2D eigenvalue weighted by atomic mass is 79.9. The summed E-state index contributed by atoms with van der Waals surface area (Å²) in [4.78, 5) is 0. The van der Waals surface area contributed by atoms with E-state index in [2.05, 4.69) is 44.0 Å². The second kappa shape index (κ2) is 7.20. The second-order valence-electron chi connectivity index (χ2n) is 4.65. The summed E-state index contributed by atoms with van der Waals surface area (Å²) in [5.41, 5.74) is 2.08.